The Kier molecular flexibility index (Phi) is 4.80. The van der Waals surface area contributed by atoms with Crippen LogP contribution in [0.25, 0.3) is 0 Å². The van der Waals surface area contributed by atoms with Crippen LogP contribution in [-0.2, 0) is 11.3 Å². The molecule has 1 fully saturated rings. The Morgan fingerprint density at radius 3 is 2.48 bits per heavy atom. The Morgan fingerprint density at radius 1 is 1.38 bits per heavy atom. The summed E-state index contributed by atoms with van der Waals surface area (Å²) in [5, 5.41) is 2.15. The third-order valence-electron chi connectivity index (χ3n) is 3.66. The maximum atomic E-state index is 11.9. The van der Waals surface area contributed by atoms with E-state index in [1.165, 1.54) is 0 Å². The molecule has 2 rings (SSSR count). The number of urea groups is 1. The van der Waals surface area contributed by atoms with Gasteiger partial charge in [-0.05, 0) is 37.5 Å². The Morgan fingerprint density at radius 2 is 2.00 bits per heavy atom. The lowest BCUT2D eigenvalue weighted by Crippen LogP contribution is -2.48. The van der Waals surface area contributed by atoms with Gasteiger partial charge < -0.3 is 10.5 Å². The minimum Gasteiger partial charge on any atom is -0.497 e. The van der Waals surface area contributed by atoms with Crippen molar-refractivity contribution in [3.63, 3.8) is 0 Å². The monoisotopic (exact) mass is 291 g/mol. The maximum Gasteiger partial charge on any atom is 0.318 e. The number of hydrogen-bond acceptors (Lipinski definition) is 4. The van der Waals surface area contributed by atoms with Crippen LogP contribution in [0, 0.1) is 0 Å². The van der Waals surface area contributed by atoms with Gasteiger partial charge in [-0.25, -0.2) is 4.79 Å². The second kappa shape index (κ2) is 6.58. The zero-order valence-electron chi connectivity index (χ0n) is 12.3. The van der Waals surface area contributed by atoms with Crippen molar-refractivity contribution in [2.24, 2.45) is 5.73 Å². The Labute approximate surface area is 124 Å². The lowest BCUT2D eigenvalue weighted by atomic mass is 10.1. The molecule has 0 aliphatic heterocycles. The molecule has 0 aromatic heterocycles. The molecule has 21 heavy (non-hydrogen) atoms. The number of benzene rings is 1. The number of amides is 3. The molecule has 0 saturated heterocycles. The van der Waals surface area contributed by atoms with Crippen LogP contribution in [0.5, 0.6) is 5.75 Å². The number of nitrogens with two attached hydrogens (primary N) is 1. The first-order valence-electron chi connectivity index (χ1n) is 7.00. The summed E-state index contributed by atoms with van der Waals surface area (Å²) in [7, 11) is 1.63. The zero-order chi connectivity index (χ0) is 15.4. The van der Waals surface area contributed by atoms with Crippen molar-refractivity contribution in [1.29, 1.82) is 0 Å². The molecular formula is C15H21N3O3. The number of ether oxygens (including phenoxy) is 1. The van der Waals surface area contributed by atoms with E-state index in [1.54, 1.807) is 14.0 Å². The van der Waals surface area contributed by atoms with Crippen molar-refractivity contribution in [2.45, 2.75) is 38.4 Å². The molecule has 1 aromatic rings. The van der Waals surface area contributed by atoms with E-state index < -0.39 is 12.1 Å². The topological polar surface area (TPSA) is 84.7 Å². The van der Waals surface area contributed by atoms with Gasteiger partial charge in [-0.1, -0.05) is 12.1 Å². The summed E-state index contributed by atoms with van der Waals surface area (Å²) in [5.41, 5.74) is 6.10. The number of imide groups is 1. The van der Waals surface area contributed by atoms with Crippen molar-refractivity contribution in [1.82, 2.24) is 10.2 Å². The van der Waals surface area contributed by atoms with Gasteiger partial charge in [0.15, 0.2) is 0 Å². The van der Waals surface area contributed by atoms with E-state index >= 15 is 0 Å². The quantitative estimate of drug-likeness (QED) is 0.826. The van der Waals surface area contributed by atoms with Crippen LogP contribution in [0.1, 0.15) is 25.3 Å². The zero-order valence-corrected chi connectivity index (χ0v) is 12.3. The first-order chi connectivity index (χ1) is 10.0. The molecule has 1 aliphatic carbocycles. The smallest absolute Gasteiger partial charge is 0.318 e. The number of methoxy groups -OCH3 is 1. The number of carbonyl (C=O) groups is 2. The molecule has 0 spiro atoms. The summed E-state index contributed by atoms with van der Waals surface area (Å²) in [6.07, 6.45) is 2.15. The van der Waals surface area contributed by atoms with Gasteiger partial charge >= 0.3 is 6.03 Å². The van der Waals surface area contributed by atoms with E-state index in [0.29, 0.717) is 12.6 Å². The van der Waals surface area contributed by atoms with Crippen LogP contribution in [-0.4, -0.2) is 36.0 Å². The largest absolute Gasteiger partial charge is 0.497 e. The second-order valence-corrected chi connectivity index (χ2v) is 5.28. The summed E-state index contributed by atoms with van der Waals surface area (Å²) in [6.45, 7) is 2.45. The molecule has 114 valence electrons. The van der Waals surface area contributed by atoms with Crippen molar-refractivity contribution in [2.75, 3.05) is 7.11 Å². The highest BCUT2D eigenvalue weighted by atomic mass is 16.5. The Balaban J connectivity index is 2.04. The van der Waals surface area contributed by atoms with Crippen LogP contribution in [0.4, 0.5) is 4.79 Å². The summed E-state index contributed by atoms with van der Waals surface area (Å²) >= 11 is 0. The average molecular weight is 291 g/mol. The first kappa shape index (κ1) is 15.3. The highest BCUT2D eigenvalue weighted by Crippen LogP contribution is 2.30. The lowest BCUT2D eigenvalue weighted by Gasteiger charge is -2.28. The van der Waals surface area contributed by atoms with Gasteiger partial charge in [0.05, 0.1) is 13.2 Å². The maximum absolute atomic E-state index is 11.9. The summed E-state index contributed by atoms with van der Waals surface area (Å²) in [5.74, 6) is 0.444. The van der Waals surface area contributed by atoms with Gasteiger partial charge in [0.25, 0.3) is 0 Å². The molecular weight excluding hydrogens is 270 g/mol. The van der Waals surface area contributed by atoms with E-state index in [4.69, 9.17) is 10.5 Å². The van der Waals surface area contributed by atoms with Gasteiger partial charge in [0, 0.05) is 12.6 Å². The Bertz CT molecular complexity index is 511. The third-order valence-corrected chi connectivity index (χ3v) is 3.66. The highest BCUT2D eigenvalue weighted by molar-refractivity contribution is 5.96. The highest BCUT2D eigenvalue weighted by Gasteiger charge is 2.35. The van der Waals surface area contributed by atoms with Crippen molar-refractivity contribution >= 4 is 11.9 Å². The van der Waals surface area contributed by atoms with Crippen LogP contribution in [0.2, 0.25) is 0 Å². The van der Waals surface area contributed by atoms with Crippen molar-refractivity contribution in [3.8, 4) is 5.75 Å². The fraction of sp³-hybridized carbons (Fsp3) is 0.467. The van der Waals surface area contributed by atoms with Crippen LogP contribution in [0.3, 0.4) is 0 Å². The van der Waals surface area contributed by atoms with E-state index in [9.17, 15) is 9.59 Å². The predicted molar refractivity (Wildman–Crippen MR) is 78.7 cm³/mol. The molecule has 0 unspecified atom stereocenters. The molecule has 0 bridgehead atoms. The summed E-state index contributed by atoms with van der Waals surface area (Å²) in [4.78, 5) is 24.9. The molecule has 6 nitrogen and oxygen atoms in total. The second-order valence-electron chi connectivity index (χ2n) is 5.28. The number of rotatable bonds is 6. The molecule has 0 radical (unpaired) electrons. The number of primary amides is 1. The summed E-state index contributed by atoms with van der Waals surface area (Å²) in [6, 6.07) is 6.93. The standard InChI is InChI=1S/C15H21N3O3/c1-10(14(19)17-15(16)20)18(12-5-6-12)9-11-3-7-13(21-2)8-4-11/h3-4,7-8,10,12H,5-6,9H2,1-2H3,(H3,16,17,19,20)/t10-/m0/s1. The van der Waals surface area contributed by atoms with E-state index in [1.807, 2.05) is 24.3 Å². The van der Waals surface area contributed by atoms with Crippen molar-refractivity contribution < 1.29 is 14.3 Å². The molecule has 1 atom stereocenters. The number of hydrogen-bond donors (Lipinski definition) is 2. The average Bonchev–Trinajstić information content (AvgIpc) is 3.28. The lowest BCUT2D eigenvalue weighted by molar-refractivity contribution is -0.125. The number of carbonyl (C=O) groups excluding carboxylic acids is 2. The van der Waals surface area contributed by atoms with Gasteiger partial charge in [0.1, 0.15) is 5.75 Å². The van der Waals surface area contributed by atoms with Gasteiger partial charge in [-0.3, -0.25) is 15.0 Å². The third kappa shape index (κ3) is 4.19. The number of nitrogens with zero attached hydrogens (tertiary/aromatic N) is 1. The van der Waals surface area contributed by atoms with Gasteiger partial charge in [-0.15, -0.1) is 0 Å². The van der Waals surface area contributed by atoms with E-state index in [-0.39, 0.29) is 5.91 Å². The minimum absolute atomic E-state index is 0.358. The van der Waals surface area contributed by atoms with Crippen LogP contribution < -0.4 is 15.8 Å². The van der Waals surface area contributed by atoms with Crippen LogP contribution in [0.15, 0.2) is 24.3 Å². The predicted octanol–water partition coefficient (Wildman–Crippen LogP) is 1.24. The fourth-order valence-corrected chi connectivity index (χ4v) is 2.31. The molecule has 3 N–H and O–H groups in total. The Hall–Kier alpha value is -2.08. The molecule has 1 aromatic carbocycles. The van der Waals surface area contributed by atoms with E-state index in [0.717, 1.165) is 24.2 Å². The van der Waals surface area contributed by atoms with Gasteiger partial charge in [0.2, 0.25) is 5.91 Å². The normalized spacial score (nSPS) is 15.6. The number of nitrogens with one attached hydrogen (secondary N) is 1. The summed E-state index contributed by atoms with van der Waals surface area (Å²) < 4.78 is 5.13. The molecule has 3 amide bonds. The molecule has 1 saturated carbocycles. The molecule has 1 aliphatic rings. The molecule has 0 heterocycles. The van der Waals surface area contributed by atoms with E-state index in [2.05, 4.69) is 10.2 Å². The van der Waals surface area contributed by atoms with Crippen molar-refractivity contribution in [3.05, 3.63) is 29.8 Å². The van der Waals surface area contributed by atoms with Gasteiger partial charge in [-0.2, -0.15) is 0 Å². The first-order valence-corrected chi connectivity index (χ1v) is 7.00. The fourth-order valence-electron chi connectivity index (χ4n) is 2.31. The SMILES string of the molecule is COc1ccc(CN(C2CC2)[C@@H](C)C(=O)NC(N)=O)cc1. The minimum atomic E-state index is -0.813. The van der Waals surface area contributed by atoms with Crippen LogP contribution >= 0.6 is 0 Å². The molecule has 6 heteroatoms.